The highest BCUT2D eigenvalue weighted by Crippen LogP contribution is 2.36. The number of nitrogens with zero attached hydrogens (tertiary/aromatic N) is 1. The SMILES string of the molecule is CCOc1c(Br)cc(/C=N\NS(=O)(=O)c2ccc(CC)cc2)cc1OC. The van der Waals surface area contributed by atoms with Gasteiger partial charge in [0.2, 0.25) is 0 Å². The maximum atomic E-state index is 12.3. The zero-order valence-electron chi connectivity index (χ0n) is 14.8. The lowest BCUT2D eigenvalue weighted by Crippen LogP contribution is -2.18. The van der Waals surface area contributed by atoms with Crippen LogP contribution in [0.3, 0.4) is 0 Å². The summed E-state index contributed by atoms with van der Waals surface area (Å²) in [5, 5.41) is 3.84. The lowest BCUT2D eigenvalue weighted by Gasteiger charge is -2.12. The van der Waals surface area contributed by atoms with Crippen molar-refractivity contribution < 1.29 is 17.9 Å². The molecule has 0 heterocycles. The first-order chi connectivity index (χ1) is 12.4. The lowest BCUT2D eigenvalue weighted by molar-refractivity contribution is 0.309. The van der Waals surface area contributed by atoms with Crippen molar-refractivity contribution in [3.8, 4) is 11.5 Å². The first kappa shape index (κ1) is 20.3. The zero-order chi connectivity index (χ0) is 19.2. The second-order valence-corrected chi connectivity index (χ2v) is 7.83. The highest BCUT2D eigenvalue weighted by Gasteiger charge is 2.13. The maximum absolute atomic E-state index is 12.3. The third kappa shape index (κ3) is 4.98. The van der Waals surface area contributed by atoms with E-state index >= 15 is 0 Å². The van der Waals surface area contributed by atoms with E-state index in [9.17, 15) is 8.42 Å². The van der Waals surface area contributed by atoms with E-state index in [0.717, 1.165) is 12.0 Å². The smallest absolute Gasteiger partial charge is 0.276 e. The summed E-state index contributed by atoms with van der Waals surface area (Å²) >= 11 is 3.42. The number of sulfonamides is 1. The Hall–Kier alpha value is -2.06. The Kier molecular flexibility index (Phi) is 7.05. The molecule has 0 aliphatic carbocycles. The minimum atomic E-state index is -3.71. The molecule has 0 saturated heterocycles. The maximum Gasteiger partial charge on any atom is 0.276 e. The first-order valence-corrected chi connectivity index (χ1v) is 10.3. The number of nitrogens with one attached hydrogen (secondary N) is 1. The number of halogens is 1. The molecule has 6 nitrogen and oxygen atoms in total. The standard InChI is InChI=1S/C18H21BrN2O4S/c1-4-13-6-8-15(9-7-13)26(22,23)21-20-12-14-10-16(19)18(25-5-2)17(11-14)24-3/h6-12,21H,4-5H2,1-3H3/b20-12-. The van der Waals surface area contributed by atoms with Gasteiger partial charge in [-0.2, -0.15) is 13.5 Å². The molecule has 0 saturated carbocycles. The molecule has 1 N–H and O–H groups in total. The molecule has 0 unspecified atom stereocenters. The summed E-state index contributed by atoms with van der Waals surface area (Å²) in [7, 11) is -2.18. The monoisotopic (exact) mass is 440 g/mol. The van der Waals surface area contributed by atoms with Gasteiger partial charge in [-0.3, -0.25) is 0 Å². The predicted molar refractivity (Wildman–Crippen MR) is 106 cm³/mol. The summed E-state index contributed by atoms with van der Waals surface area (Å²) in [5.74, 6) is 1.12. The molecule has 0 radical (unpaired) electrons. The van der Waals surface area contributed by atoms with Gasteiger partial charge in [0.05, 0.1) is 29.3 Å². The third-order valence-corrected chi connectivity index (χ3v) is 5.40. The molecule has 2 rings (SSSR count). The number of rotatable bonds is 8. The van der Waals surface area contributed by atoms with Gasteiger partial charge >= 0.3 is 0 Å². The Morgan fingerprint density at radius 2 is 1.88 bits per heavy atom. The van der Waals surface area contributed by atoms with Gasteiger partial charge in [0.1, 0.15) is 0 Å². The van der Waals surface area contributed by atoms with Crippen LogP contribution in [0.5, 0.6) is 11.5 Å². The Balaban J connectivity index is 2.17. The fourth-order valence-corrected chi connectivity index (χ4v) is 3.59. The van der Waals surface area contributed by atoms with Crippen LogP contribution in [0.4, 0.5) is 0 Å². The van der Waals surface area contributed by atoms with Crippen molar-refractivity contribution in [2.75, 3.05) is 13.7 Å². The molecule has 140 valence electrons. The van der Waals surface area contributed by atoms with Crippen molar-refractivity contribution in [3.63, 3.8) is 0 Å². The van der Waals surface area contributed by atoms with Gasteiger partial charge in [-0.05, 0) is 64.7 Å². The molecule has 2 aromatic rings. The van der Waals surface area contributed by atoms with Gasteiger partial charge in [0.25, 0.3) is 10.0 Å². The second kappa shape index (κ2) is 9.05. The summed E-state index contributed by atoms with van der Waals surface area (Å²) in [4.78, 5) is 2.38. The van der Waals surface area contributed by atoms with Gasteiger partial charge in [0, 0.05) is 0 Å². The third-order valence-electron chi connectivity index (χ3n) is 3.57. The normalized spacial score (nSPS) is 11.5. The van der Waals surface area contributed by atoms with Gasteiger partial charge in [-0.1, -0.05) is 19.1 Å². The highest BCUT2D eigenvalue weighted by atomic mass is 79.9. The summed E-state index contributed by atoms with van der Waals surface area (Å²) < 4.78 is 36.1. The van der Waals surface area contributed by atoms with Gasteiger partial charge in [-0.15, -0.1) is 0 Å². The number of aryl methyl sites for hydroxylation is 1. The predicted octanol–water partition coefficient (Wildman–Crippen LogP) is 3.73. The van der Waals surface area contributed by atoms with E-state index in [0.29, 0.717) is 28.1 Å². The van der Waals surface area contributed by atoms with E-state index in [4.69, 9.17) is 9.47 Å². The van der Waals surface area contributed by atoms with Crippen LogP contribution in [0.2, 0.25) is 0 Å². The quantitative estimate of drug-likeness (QED) is 0.500. The van der Waals surface area contributed by atoms with Crippen molar-refractivity contribution in [2.45, 2.75) is 25.2 Å². The van der Waals surface area contributed by atoms with Gasteiger partial charge in [0.15, 0.2) is 11.5 Å². The van der Waals surface area contributed by atoms with E-state index in [1.165, 1.54) is 13.3 Å². The molecular weight excluding hydrogens is 420 g/mol. The van der Waals surface area contributed by atoms with E-state index in [-0.39, 0.29) is 4.90 Å². The molecule has 2 aromatic carbocycles. The van der Waals surface area contributed by atoms with E-state index in [2.05, 4.69) is 25.9 Å². The first-order valence-electron chi connectivity index (χ1n) is 8.05. The minimum absolute atomic E-state index is 0.164. The van der Waals surface area contributed by atoms with E-state index in [1.807, 2.05) is 13.8 Å². The lowest BCUT2D eigenvalue weighted by atomic mass is 10.2. The summed E-state index contributed by atoms with van der Waals surface area (Å²) in [6.45, 7) is 4.39. The molecule has 26 heavy (non-hydrogen) atoms. The van der Waals surface area contributed by atoms with Crippen LogP contribution in [0.25, 0.3) is 0 Å². The number of hydrogen-bond donors (Lipinski definition) is 1. The van der Waals surface area contributed by atoms with Crippen molar-refractivity contribution in [2.24, 2.45) is 5.10 Å². The zero-order valence-corrected chi connectivity index (χ0v) is 17.2. The summed E-state index contributed by atoms with van der Waals surface area (Å²) in [6, 6.07) is 10.2. The molecular formula is C18H21BrN2O4S. The van der Waals surface area contributed by atoms with Crippen LogP contribution in [0, 0.1) is 0 Å². The number of hydrogen-bond acceptors (Lipinski definition) is 5. The molecule has 0 spiro atoms. The largest absolute Gasteiger partial charge is 0.493 e. The molecule has 0 fully saturated rings. The van der Waals surface area contributed by atoms with Crippen LogP contribution in [0.15, 0.2) is 50.9 Å². The van der Waals surface area contributed by atoms with Crippen LogP contribution >= 0.6 is 15.9 Å². The topological polar surface area (TPSA) is 77.0 Å². The average molecular weight is 441 g/mol. The molecule has 8 heteroatoms. The number of hydrazone groups is 1. The average Bonchev–Trinajstić information content (AvgIpc) is 2.63. The molecule has 0 atom stereocenters. The fraction of sp³-hybridized carbons (Fsp3) is 0.278. The van der Waals surface area contributed by atoms with Crippen molar-refractivity contribution in [1.82, 2.24) is 4.83 Å². The molecule has 0 bridgehead atoms. The van der Waals surface area contributed by atoms with Gasteiger partial charge < -0.3 is 9.47 Å². The van der Waals surface area contributed by atoms with Crippen molar-refractivity contribution >= 4 is 32.2 Å². The van der Waals surface area contributed by atoms with E-state index in [1.54, 1.807) is 36.4 Å². The van der Waals surface area contributed by atoms with Crippen LogP contribution in [0.1, 0.15) is 25.0 Å². The van der Waals surface area contributed by atoms with Crippen molar-refractivity contribution in [3.05, 3.63) is 52.0 Å². The van der Waals surface area contributed by atoms with Gasteiger partial charge in [-0.25, -0.2) is 4.83 Å². The molecule has 0 aliphatic rings. The Labute approximate surface area is 162 Å². The Morgan fingerprint density at radius 1 is 1.19 bits per heavy atom. The minimum Gasteiger partial charge on any atom is -0.493 e. The van der Waals surface area contributed by atoms with Crippen LogP contribution in [-0.4, -0.2) is 28.3 Å². The highest BCUT2D eigenvalue weighted by molar-refractivity contribution is 9.10. The number of methoxy groups -OCH3 is 1. The molecule has 0 aromatic heterocycles. The summed E-state index contributed by atoms with van der Waals surface area (Å²) in [6.07, 6.45) is 2.25. The van der Waals surface area contributed by atoms with Crippen LogP contribution < -0.4 is 14.3 Å². The Bertz CT molecular complexity index is 881. The van der Waals surface area contributed by atoms with Crippen molar-refractivity contribution in [1.29, 1.82) is 0 Å². The Morgan fingerprint density at radius 3 is 2.46 bits per heavy atom. The molecule has 0 aliphatic heterocycles. The summed E-state index contributed by atoms with van der Waals surface area (Å²) in [5.41, 5.74) is 1.72. The fourth-order valence-electron chi connectivity index (χ4n) is 2.23. The molecule has 0 amide bonds. The van der Waals surface area contributed by atoms with Crippen LogP contribution in [-0.2, 0) is 16.4 Å². The van der Waals surface area contributed by atoms with E-state index < -0.39 is 10.0 Å². The number of benzene rings is 2. The number of ether oxygens (including phenoxy) is 2. The second-order valence-electron chi connectivity index (χ2n) is 5.32.